The van der Waals surface area contributed by atoms with Crippen molar-refractivity contribution in [2.24, 2.45) is 0 Å². The molecule has 2 aliphatic rings. The topological polar surface area (TPSA) is 38.5 Å². The third-order valence-electron chi connectivity index (χ3n) is 4.29. The molecule has 3 nitrogen and oxygen atoms in total. The van der Waals surface area contributed by atoms with Gasteiger partial charge in [-0.3, -0.25) is 4.90 Å². The number of nitrogens with two attached hydrogens (primary N) is 1. The molecule has 1 aliphatic heterocycles. The van der Waals surface area contributed by atoms with Crippen molar-refractivity contribution in [2.45, 2.75) is 44.4 Å². The van der Waals surface area contributed by atoms with Crippen LogP contribution in [-0.4, -0.2) is 30.2 Å². The second-order valence-electron chi connectivity index (χ2n) is 5.59. The summed E-state index contributed by atoms with van der Waals surface area (Å²) in [5.74, 6) is 0. The lowest BCUT2D eigenvalue weighted by atomic mass is 9.90. The molecule has 0 amide bonds. The Morgan fingerprint density at radius 1 is 1.32 bits per heavy atom. The van der Waals surface area contributed by atoms with E-state index in [1.54, 1.807) is 0 Å². The van der Waals surface area contributed by atoms with Crippen LogP contribution in [0.4, 0.5) is 5.69 Å². The molecule has 2 unspecified atom stereocenters. The van der Waals surface area contributed by atoms with Gasteiger partial charge in [0, 0.05) is 19.1 Å². The lowest BCUT2D eigenvalue weighted by molar-refractivity contribution is -0.0911. The predicted molar refractivity (Wildman–Crippen MR) is 78.3 cm³/mol. The zero-order chi connectivity index (χ0) is 13.2. The van der Waals surface area contributed by atoms with Crippen LogP contribution in [0.1, 0.15) is 31.2 Å². The van der Waals surface area contributed by atoms with Crippen LogP contribution in [0.2, 0.25) is 5.02 Å². The maximum absolute atomic E-state index is 5.98. The summed E-state index contributed by atoms with van der Waals surface area (Å²) in [6.07, 6.45) is 5.54. The van der Waals surface area contributed by atoms with Gasteiger partial charge in [-0.1, -0.05) is 30.5 Å². The van der Waals surface area contributed by atoms with Gasteiger partial charge in [-0.15, -0.1) is 0 Å². The van der Waals surface area contributed by atoms with Gasteiger partial charge in [-0.05, 0) is 30.5 Å². The number of anilines is 1. The summed E-state index contributed by atoms with van der Waals surface area (Å²) in [6.45, 7) is 2.82. The molecule has 3 rings (SSSR count). The molecule has 104 valence electrons. The highest BCUT2D eigenvalue weighted by atomic mass is 35.5. The number of benzene rings is 1. The number of morpholine rings is 1. The fourth-order valence-electron chi connectivity index (χ4n) is 3.30. The Balaban J connectivity index is 1.72. The molecule has 1 saturated heterocycles. The summed E-state index contributed by atoms with van der Waals surface area (Å²) in [5.41, 5.74) is 7.80. The van der Waals surface area contributed by atoms with Crippen LogP contribution >= 0.6 is 11.6 Å². The SMILES string of the molecule is Nc1cc(CN2CCOC3CCCCC32)ccc1Cl. The Kier molecular flexibility index (Phi) is 3.96. The van der Waals surface area contributed by atoms with Crippen molar-refractivity contribution in [3.05, 3.63) is 28.8 Å². The number of nitrogens with zero attached hydrogens (tertiary/aromatic N) is 1. The zero-order valence-electron chi connectivity index (χ0n) is 11.1. The first-order valence-corrected chi connectivity index (χ1v) is 7.51. The van der Waals surface area contributed by atoms with Gasteiger partial charge in [0.1, 0.15) is 0 Å². The van der Waals surface area contributed by atoms with Crippen LogP contribution < -0.4 is 5.73 Å². The molecule has 1 aliphatic carbocycles. The van der Waals surface area contributed by atoms with E-state index in [9.17, 15) is 0 Å². The fraction of sp³-hybridized carbons (Fsp3) is 0.600. The van der Waals surface area contributed by atoms with Gasteiger partial charge in [0.2, 0.25) is 0 Å². The van der Waals surface area contributed by atoms with Crippen LogP contribution in [0, 0.1) is 0 Å². The standard InChI is InChI=1S/C15H21ClN2O/c16-12-6-5-11(9-13(12)17)10-18-7-8-19-15-4-2-1-3-14(15)18/h5-6,9,14-15H,1-4,7-8,10,17H2. The Morgan fingerprint density at radius 3 is 3.00 bits per heavy atom. The van der Waals surface area contributed by atoms with E-state index in [2.05, 4.69) is 11.0 Å². The second kappa shape index (κ2) is 5.70. The van der Waals surface area contributed by atoms with Crippen LogP contribution in [0.5, 0.6) is 0 Å². The maximum atomic E-state index is 5.98. The zero-order valence-corrected chi connectivity index (χ0v) is 11.9. The molecule has 4 heteroatoms. The number of fused-ring (bicyclic) bond motifs is 1. The highest BCUT2D eigenvalue weighted by Gasteiger charge is 2.33. The number of hydrogen-bond donors (Lipinski definition) is 1. The monoisotopic (exact) mass is 280 g/mol. The molecule has 2 fully saturated rings. The molecule has 1 aromatic rings. The summed E-state index contributed by atoms with van der Waals surface area (Å²) in [7, 11) is 0. The Morgan fingerprint density at radius 2 is 2.16 bits per heavy atom. The van der Waals surface area contributed by atoms with Gasteiger partial charge in [-0.25, -0.2) is 0 Å². The number of rotatable bonds is 2. The highest BCUT2D eigenvalue weighted by molar-refractivity contribution is 6.33. The van der Waals surface area contributed by atoms with Crippen molar-refractivity contribution in [3.8, 4) is 0 Å². The van der Waals surface area contributed by atoms with Crippen molar-refractivity contribution in [3.63, 3.8) is 0 Å². The molecule has 1 saturated carbocycles. The van der Waals surface area contributed by atoms with Crippen LogP contribution in [0.15, 0.2) is 18.2 Å². The smallest absolute Gasteiger partial charge is 0.0731 e. The van der Waals surface area contributed by atoms with Gasteiger partial charge in [0.15, 0.2) is 0 Å². The van der Waals surface area contributed by atoms with E-state index in [1.165, 1.54) is 31.2 Å². The van der Waals surface area contributed by atoms with E-state index in [0.717, 1.165) is 19.7 Å². The molecule has 0 aromatic heterocycles. The number of hydrogen-bond acceptors (Lipinski definition) is 3. The average molecular weight is 281 g/mol. The van der Waals surface area contributed by atoms with E-state index in [4.69, 9.17) is 22.1 Å². The largest absolute Gasteiger partial charge is 0.398 e. The van der Waals surface area contributed by atoms with E-state index in [1.807, 2.05) is 12.1 Å². The Hall–Kier alpha value is -0.770. The summed E-state index contributed by atoms with van der Waals surface area (Å²) in [6, 6.07) is 6.55. The maximum Gasteiger partial charge on any atom is 0.0731 e. The minimum atomic E-state index is 0.437. The number of halogens is 1. The van der Waals surface area contributed by atoms with Crippen molar-refractivity contribution in [2.75, 3.05) is 18.9 Å². The van der Waals surface area contributed by atoms with Gasteiger partial charge < -0.3 is 10.5 Å². The average Bonchev–Trinajstić information content (AvgIpc) is 2.43. The first kappa shape index (κ1) is 13.2. The van der Waals surface area contributed by atoms with Crippen molar-refractivity contribution < 1.29 is 4.74 Å². The normalized spacial score (nSPS) is 28.1. The molecular formula is C15H21ClN2O. The third kappa shape index (κ3) is 2.88. The van der Waals surface area contributed by atoms with Crippen molar-refractivity contribution >= 4 is 17.3 Å². The summed E-state index contributed by atoms with van der Waals surface area (Å²) < 4.78 is 5.91. The van der Waals surface area contributed by atoms with Gasteiger partial charge in [-0.2, -0.15) is 0 Å². The van der Waals surface area contributed by atoms with Crippen LogP contribution in [0.3, 0.4) is 0 Å². The quantitative estimate of drug-likeness (QED) is 0.846. The van der Waals surface area contributed by atoms with Crippen LogP contribution in [-0.2, 0) is 11.3 Å². The Labute approximate surface area is 119 Å². The Bertz CT molecular complexity index is 450. The van der Waals surface area contributed by atoms with E-state index in [-0.39, 0.29) is 0 Å². The first-order chi connectivity index (χ1) is 9.24. The lowest BCUT2D eigenvalue weighted by Crippen LogP contribution is -2.52. The number of ether oxygens (including phenoxy) is 1. The molecule has 1 aromatic carbocycles. The lowest BCUT2D eigenvalue weighted by Gasteiger charge is -2.43. The van der Waals surface area contributed by atoms with E-state index >= 15 is 0 Å². The third-order valence-corrected chi connectivity index (χ3v) is 4.64. The minimum Gasteiger partial charge on any atom is -0.398 e. The highest BCUT2D eigenvalue weighted by Crippen LogP contribution is 2.30. The van der Waals surface area contributed by atoms with Crippen molar-refractivity contribution in [1.29, 1.82) is 0 Å². The minimum absolute atomic E-state index is 0.437. The molecule has 2 N–H and O–H groups in total. The van der Waals surface area contributed by atoms with Gasteiger partial charge in [0.05, 0.1) is 23.4 Å². The second-order valence-corrected chi connectivity index (χ2v) is 5.99. The molecule has 0 radical (unpaired) electrons. The molecule has 0 spiro atoms. The summed E-state index contributed by atoms with van der Waals surface area (Å²) >= 11 is 5.98. The first-order valence-electron chi connectivity index (χ1n) is 7.13. The fourth-order valence-corrected chi connectivity index (χ4v) is 3.42. The number of nitrogen functional groups attached to an aromatic ring is 1. The van der Waals surface area contributed by atoms with Gasteiger partial charge in [0.25, 0.3) is 0 Å². The molecule has 1 heterocycles. The molecule has 2 atom stereocenters. The van der Waals surface area contributed by atoms with Crippen LogP contribution in [0.25, 0.3) is 0 Å². The molecule has 0 bridgehead atoms. The van der Waals surface area contributed by atoms with E-state index < -0.39 is 0 Å². The van der Waals surface area contributed by atoms with Crippen molar-refractivity contribution in [1.82, 2.24) is 4.90 Å². The summed E-state index contributed by atoms with van der Waals surface area (Å²) in [4.78, 5) is 2.55. The molecular weight excluding hydrogens is 260 g/mol. The van der Waals surface area contributed by atoms with E-state index in [0.29, 0.717) is 22.9 Å². The van der Waals surface area contributed by atoms with Gasteiger partial charge >= 0.3 is 0 Å². The summed E-state index contributed by atoms with van der Waals surface area (Å²) in [5, 5.41) is 0.640. The predicted octanol–water partition coefficient (Wildman–Crippen LogP) is 3.07. The molecule has 19 heavy (non-hydrogen) atoms.